The fourth-order valence-corrected chi connectivity index (χ4v) is 2.91. The minimum Gasteiger partial charge on any atom is -0.493 e. The van der Waals surface area contributed by atoms with Gasteiger partial charge in [-0.3, -0.25) is 0 Å². The van der Waals surface area contributed by atoms with Gasteiger partial charge in [-0.1, -0.05) is 23.2 Å². The maximum atomic E-state index is 10.7. The first-order chi connectivity index (χ1) is 10.1. The number of carboxylic acid groups (broad SMARTS) is 1. The van der Waals surface area contributed by atoms with E-state index in [9.17, 15) is 4.79 Å². The molecule has 0 bridgehead atoms. The molecule has 0 atom stereocenters. The lowest BCUT2D eigenvalue weighted by Gasteiger charge is -2.07. The maximum Gasteiger partial charge on any atom is 0.335 e. The lowest BCUT2D eigenvalue weighted by Crippen LogP contribution is -2.01. The average molecular weight is 343 g/mol. The van der Waals surface area contributed by atoms with Gasteiger partial charge >= 0.3 is 5.97 Å². The third-order valence-corrected chi connectivity index (χ3v) is 4.30. The molecule has 0 aliphatic carbocycles. The number of hydrogen-bond acceptors (Lipinski definition) is 3. The number of hydrogen-bond donors (Lipinski definition) is 1. The third-order valence-electron chi connectivity index (χ3n) is 2.60. The van der Waals surface area contributed by atoms with Gasteiger partial charge in [0.15, 0.2) is 0 Å². The predicted molar refractivity (Wildman–Crippen MR) is 86.1 cm³/mol. The molecule has 3 nitrogen and oxygen atoms in total. The van der Waals surface area contributed by atoms with Crippen LogP contribution in [-0.4, -0.2) is 23.4 Å². The van der Waals surface area contributed by atoms with Crippen molar-refractivity contribution in [2.75, 3.05) is 12.4 Å². The van der Waals surface area contributed by atoms with Crippen LogP contribution in [0.1, 0.15) is 10.4 Å². The highest BCUT2D eigenvalue weighted by Gasteiger charge is 2.04. The van der Waals surface area contributed by atoms with E-state index in [1.165, 1.54) is 12.1 Å². The monoisotopic (exact) mass is 342 g/mol. The second kappa shape index (κ2) is 7.59. The van der Waals surface area contributed by atoms with Gasteiger partial charge in [0.2, 0.25) is 0 Å². The van der Waals surface area contributed by atoms with E-state index in [1.807, 2.05) is 6.07 Å². The molecule has 0 heterocycles. The fourth-order valence-electron chi connectivity index (χ4n) is 1.59. The first-order valence-corrected chi connectivity index (χ1v) is 7.84. The summed E-state index contributed by atoms with van der Waals surface area (Å²) in [5.41, 5.74) is 0.238. The molecule has 2 rings (SSSR count). The Bertz CT molecular complexity index is 629. The van der Waals surface area contributed by atoms with Crippen molar-refractivity contribution in [1.82, 2.24) is 0 Å². The van der Waals surface area contributed by atoms with E-state index in [0.29, 0.717) is 28.2 Å². The van der Waals surface area contributed by atoms with Crippen LogP contribution in [0, 0.1) is 0 Å². The Balaban J connectivity index is 1.81. The number of aromatic carboxylic acids is 1. The summed E-state index contributed by atoms with van der Waals surface area (Å²) in [7, 11) is 0. The normalized spacial score (nSPS) is 10.4. The summed E-state index contributed by atoms with van der Waals surface area (Å²) in [4.78, 5) is 11.6. The smallest absolute Gasteiger partial charge is 0.335 e. The van der Waals surface area contributed by atoms with Gasteiger partial charge in [0.05, 0.1) is 17.2 Å². The summed E-state index contributed by atoms with van der Waals surface area (Å²) in [5.74, 6) is 0.395. The SMILES string of the molecule is O=C(O)c1ccc(OCCSc2cc(Cl)ccc2Cl)cc1. The van der Waals surface area contributed by atoms with Gasteiger partial charge < -0.3 is 9.84 Å². The lowest BCUT2D eigenvalue weighted by atomic mass is 10.2. The Labute approximate surface area is 136 Å². The number of carbonyl (C=O) groups is 1. The summed E-state index contributed by atoms with van der Waals surface area (Å²) in [6.07, 6.45) is 0. The number of thioether (sulfide) groups is 1. The molecule has 0 fully saturated rings. The van der Waals surface area contributed by atoms with Crippen molar-refractivity contribution in [2.24, 2.45) is 0 Å². The van der Waals surface area contributed by atoms with Gasteiger partial charge in [-0.2, -0.15) is 0 Å². The Morgan fingerprint density at radius 1 is 1.14 bits per heavy atom. The van der Waals surface area contributed by atoms with Crippen LogP contribution in [0.2, 0.25) is 10.0 Å². The number of halogens is 2. The molecule has 0 amide bonds. The summed E-state index contributed by atoms with van der Waals surface area (Å²) in [6.45, 7) is 0.486. The molecule has 110 valence electrons. The van der Waals surface area contributed by atoms with Crippen molar-refractivity contribution in [3.8, 4) is 5.75 Å². The zero-order valence-electron chi connectivity index (χ0n) is 10.9. The van der Waals surface area contributed by atoms with Crippen LogP contribution in [0.15, 0.2) is 47.4 Å². The zero-order valence-corrected chi connectivity index (χ0v) is 13.2. The maximum absolute atomic E-state index is 10.7. The van der Waals surface area contributed by atoms with Crippen molar-refractivity contribution in [3.63, 3.8) is 0 Å². The Kier molecular flexibility index (Phi) is 5.79. The molecule has 2 aromatic carbocycles. The fraction of sp³-hybridized carbons (Fsp3) is 0.133. The zero-order chi connectivity index (χ0) is 15.2. The minimum atomic E-state index is -0.951. The van der Waals surface area contributed by atoms with E-state index in [1.54, 1.807) is 36.0 Å². The molecule has 0 spiro atoms. The molecule has 0 aliphatic heterocycles. The summed E-state index contributed by atoms with van der Waals surface area (Å²) < 4.78 is 5.54. The summed E-state index contributed by atoms with van der Waals surface area (Å²) in [6, 6.07) is 11.6. The number of carboxylic acids is 1. The van der Waals surface area contributed by atoms with Gasteiger partial charge in [-0.15, -0.1) is 11.8 Å². The molecule has 0 unspecified atom stereocenters. The molecule has 0 aliphatic rings. The Hall–Kier alpha value is -1.36. The van der Waals surface area contributed by atoms with Gasteiger partial charge in [0, 0.05) is 15.7 Å². The molecule has 21 heavy (non-hydrogen) atoms. The quantitative estimate of drug-likeness (QED) is 0.601. The minimum absolute atomic E-state index is 0.238. The van der Waals surface area contributed by atoms with Crippen LogP contribution < -0.4 is 4.74 Å². The van der Waals surface area contributed by atoms with E-state index in [4.69, 9.17) is 33.0 Å². The standard InChI is InChI=1S/C15H12Cl2O3S/c16-11-3-6-13(17)14(9-11)21-8-7-20-12-4-1-10(2-5-12)15(18)19/h1-6,9H,7-8H2,(H,18,19). The van der Waals surface area contributed by atoms with Gasteiger partial charge in [-0.25, -0.2) is 4.79 Å². The first-order valence-electron chi connectivity index (χ1n) is 6.10. The lowest BCUT2D eigenvalue weighted by molar-refractivity contribution is 0.0697. The third kappa shape index (κ3) is 4.84. The van der Waals surface area contributed by atoms with E-state index in [2.05, 4.69) is 0 Å². The van der Waals surface area contributed by atoms with Crippen LogP contribution in [0.4, 0.5) is 0 Å². The molecular weight excluding hydrogens is 331 g/mol. The van der Waals surface area contributed by atoms with E-state index >= 15 is 0 Å². The molecule has 0 radical (unpaired) electrons. The van der Waals surface area contributed by atoms with Crippen LogP contribution in [-0.2, 0) is 0 Å². The molecule has 0 saturated carbocycles. The van der Waals surface area contributed by atoms with Crippen molar-refractivity contribution >= 4 is 40.9 Å². The molecule has 2 aromatic rings. The highest BCUT2D eigenvalue weighted by Crippen LogP contribution is 2.29. The highest BCUT2D eigenvalue weighted by atomic mass is 35.5. The second-order valence-corrected chi connectivity index (χ2v) is 6.08. The van der Waals surface area contributed by atoms with E-state index < -0.39 is 5.97 Å². The second-order valence-electron chi connectivity index (χ2n) is 4.10. The average Bonchev–Trinajstić information content (AvgIpc) is 2.47. The highest BCUT2D eigenvalue weighted by molar-refractivity contribution is 7.99. The largest absolute Gasteiger partial charge is 0.493 e. The van der Waals surface area contributed by atoms with Crippen LogP contribution in [0.5, 0.6) is 5.75 Å². The van der Waals surface area contributed by atoms with Crippen molar-refractivity contribution in [3.05, 3.63) is 58.1 Å². The predicted octanol–water partition coefficient (Wildman–Crippen LogP) is 4.86. The molecule has 6 heteroatoms. The summed E-state index contributed by atoms with van der Waals surface area (Å²) >= 11 is 13.5. The summed E-state index contributed by atoms with van der Waals surface area (Å²) in [5, 5.41) is 10.1. The first kappa shape index (κ1) is 16.0. The molecule has 1 N–H and O–H groups in total. The van der Waals surface area contributed by atoms with E-state index in [0.717, 1.165) is 4.90 Å². The van der Waals surface area contributed by atoms with Gasteiger partial charge in [0.1, 0.15) is 5.75 Å². The molecule has 0 aromatic heterocycles. The Morgan fingerprint density at radius 2 is 1.86 bits per heavy atom. The van der Waals surface area contributed by atoms with Gasteiger partial charge in [-0.05, 0) is 42.5 Å². The topological polar surface area (TPSA) is 46.5 Å². The molecule has 0 saturated heterocycles. The van der Waals surface area contributed by atoms with Crippen molar-refractivity contribution < 1.29 is 14.6 Å². The van der Waals surface area contributed by atoms with Crippen LogP contribution in [0.3, 0.4) is 0 Å². The number of benzene rings is 2. The number of ether oxygens (including phenoxy) is 1. The molecular formula is C15H12Cl2O3S. The van der Waals surface area contributed by atoms with E-state index in [-0.39, 0.29) is 5.56 Å². The Morgan fingerprint density at radius 3 is 2.52 bits per heavy atom. The van der Waals surface area contributed by atoms with Crippen LogP contribution >= 0.6 is 35.0 Å². The van der Waals surface area contributed by atoms with Crippen LogP contribution in [0.25, 0.3) is 0 Å². The van der Waals surface area contributed by atoms with Crippen molar-refractivity contribution in [1.29, 1.82) is 0 Å². The number of rotatable bonds is 6. The van der Waals surface area contributed by atoms with Crippen molar-refractivity contribution in [2.45, 2.75) is 4.90 Å². The van der Waals surface area contributed by atoms with Gasteiger partial charge in [0.25, 0.3) is 0 Å².